The van der Waals surface area contributed by atoms with E-state index in [-0.39, 0.29) is 13.5 Å². The summed E-state index contributed by atoms with van der Waals surface area (Å²) in [7, 11) is 1.67. The molecule has 4 heteroatoms. The number of piperidine rings is 1. The SMILES string of the molecule is COc1cc(C[C@H]2CCCNC2)cc(C)n1.S. The third kappa shape index (κ3) is 4.21. The molecule has 1 saturated heterocycles. The minimum absolute atomic E-state index is 0. The first-order valence-corrected chi connectivity index (χ1v) is 6.00. The van der Waals surface area contributed by atoms with Gasteiger partial charge in [-0.2, -0.15) is 13.5 Å². The Morgan fingerprint density at radius 2 is 2.29 bits per heavy atom. The van der Waals surface area contributed by atoms with Gasteiger partial charge in [0.1, 0.15) is 0 Å². The number of nitrogens with one attached hydrogen (secondary N) is 1. The zero-order valence-electron chi connectivity index (χ0n) is 10.6. The van der Waals surface area contributed by atoms with Crippen molar-refractivity contribution in [1.82, 2.24) is 10.3 Å². The summed E-state index contributed by atoms with van der Waals surface area (Å²) in [5.74, 6) is 1.50. The highest BCUT2D eigenvalue weighted by molar-refractivity contribution is 7.59. The number of aryl methyl sites for hydroxylation is 1. The van der Waals surface area contributed by atoms with Crippen LogP contribution in [-0.2, 0) is 6.42 Å². The number of pyridine rings is 1. The molecular weight excluding hydrogens is 232 g/mol. The van der Waals surface area contributed by atoms with Crippen LogP contribution in [0.15, 0.2) is 12.1 Å². The summed E-state index contributed by atoms with van der Waals surface area (Å²) in [4.78, 5) is 4.31. The lowest BCUT2D eigenvalue weighted by Crippen LogP contribution is -2.30. The maximum Gasteiger partial charge on any atom is 0.213 e. The van der Waals surface area contributed by atoms with Crippen molar-refractivity contribution in [2.45, 2.75) is 26.2 Å². The summed E-state index contributed by atoms with van der Waals surface area (Å²) in [5, 5.41) is 3.45. The van der Waals surface area contributed by atoms with Crippen molar-refractivity contribution in [3.8, 4) is 5.88 Å². The van der Waals surface area contributed by atoms with Crippen molar-refractivity contribution in [2.75, 3.05) is 20.2 Å². The van der Waals surface area contributed by atoms with E-state index in [0.717, 1.165) is 30.5 Å². The fraction of sp³-hybridized carbons (Fsp3) is 0.615. The molecule has 0 radical (unpaired) electrons. The van der Waals surface area contributed by atoms with E-state index in [4.69, 9.17) is 4.74 Å². The van der Waals surface area contributed by atoms with Gasteiger partial charge in [-0.15, -0.1) is 0 Å². The average molecular weight is 254 g/mol. The Morgan fingerprint density at radius 3 is 2.94 bits per heavy atom. The van der Waals surface area contributed by atoms with Crippen LogP contribution in [-0.4, -0.2) is 25.2 Å². The lowest BCUT2D eigenvalue weighted by Gasteiger charge is -2.22. The van der Waals surface area contributed by atoms with Crippen LogP contribution in [0.25, 0.3) is 0 Å². The molecule has 0 aromatic carbocycles. The Kier molecular flexibility index (Phi) is 5.78. The van der Waals surface area contributed by atoms with Crippen molar-refractivity contribution < 1.29 is 4.74 Å². The van der Waals surface area contributed by atoms with E-state index in [2.05, 4.69) is 22.4 Å². The third-order valence-corrected chi connectivity index (χ3v) is 3.12. The molecule has 1 fully saturated rings. The van der Waals surface area contributed by atoms with E-state index in [1.807, 2.05) is 6.92 Å². The molecule has 2 heterocycles. The average Bonchev–Trinajstić information content (AvgIpc) is 2.29. The number of nitrogens with zero attached hydrogens (tertiary/aromatic N) is 1. The lowest BCUT2D eigenvalue weighted by atomic mass is 9.92. The number of aromatic nitrogens is 1. The fourth-order valence-corrected chi connectivity index (χ4v) is 2.36. The largest absolute Gasteiger partial charge is 0.481 e. The quantitative estimate of drug-likeness (QED) is 0.896. The highest BCUT2D eigenvalue weighted by Crippen LogP contribution is 2.19. The van der Waals surface area contributed by atoms with Gasteiger partial charge in [-0.3, -0.25) is 0 Å². The van der Waals surface area contributed by atoms with Crippen LogP contribution in [0.1, 0.15) is 24.1 Å². The molecule has 17 heavy (non-hydrogen) atoms. The van der Waals surface area contributed by atoms with E-state index in [0.29, 0.717) is 0 Å². The highest BCUT2D eigenvalue weighted by Gasteiger charge is 2.14. The van der Waals surface area contributed by atoms with Gasteiger partial charge >= 0.3 is 0 Å². The highest BCUT2D eigenvalue weighted by atomic mass is 32.1. The molecule has 1 aliphatic heterocycles. The van der Waals surface area contributed by atoms with Crippen molar-refractivity contribution in [3.05, 3.63) is 23.4 Å². The minimum atomic E-state index is 0. The molecule has 0 spiro atoms. The zero-order chi connectivity index (χ0) is 11.4. The van der Waals surface area contributed by atoms with Crippen LogP contribution >= 0.6 is 13.5 Å². The second-order valence-electron chi connectivity index (χ2n) is 4.58. The van der Waals surface area contributed by atoms with Crippen molar-refractivity contribution in [3.63, 3.8) is 0 Å². The molecule has 96 valence electrons. The molecule has 1 aromatic rings. The fourth-order valence-electron chi connectivity index (χ4n) is 2.36. The Morgan fingerprint density at radius 1 is 1.47 bits per heavy atom. The summed E-state index contributed by atoms with van der Waals surface area (Å²) in [5.41, 5.74) is 2.39. The molecule has 0 bridgehead atoms. The predicted octanol–water partition coefficient (Wildman–Crippen LogP) is 2.05. The standard InChI is InChI=1S/C13H20N2O.H2S/c1-10-6-12(8-13(15-10)16-2)7-11-4-3-5-14-9-11;/h6,8,11,14H,3-5,7,9H2,1-2H3;1H2/t11-;/m1./s1. The molecule has 1 aromatic heterocycles. The minimum Gasteiger partial charge on any atom is -0.481 e. The van der Waals surface area contributed by atoms with Gasteiger partial charge in [0.25, 0.3) is 0 Å². The number of ether oxygens (including phenoxy) is 1. The molecule has 1 aliphatic rings. The van der Waals surface area contributed by atoms with Crippen LogP contribution < -0.4 is 10.1 Å². The molecule has 1 atom stereocenters. The van der Waals surface area contributed by atoms with Gasteiger partial charge in [-0.05, 0) is 56.8 Å². The van der Waals surface area contributed by atoms with Crippen molar-refractivity contribution >= 4 is 13.5 Å². The Balaban J connectivity index is 0.00000144. The normalized spacial score (nSPS) is 19.5. The second kappa shape index (κ2) is 6.87. The van der Waals surface area contributed by atoms with Gasteiger partial charge in [0, 0.05) is 11.8 Å². The van der Waals surface area contributed by atoms with Gasteiger partial charge in [-0.25, -0.2) is 4.98 Å². The Bertz CT molecular complexity index is 351. The van der Waals surface area contributed by atoms with Crippen LogP contribution in [0.4, 0.5) is 0 Å². The van der Waals surface area contributed by atoms with Crippen LogP contribution in [0, 0.1) is 12.8 Å². The van der Waals surface area contributed by atoms with Crippen molar-refractivity contribution in [2.24, 2.45) is 5.92 Å². The Labute approximate surface area is 110 Å². The first kappa shape index (κ1) is 14.3. The van der Waals surface area contributed by atoms with Crippen LogP contribution in [0.3, 0.4) is 0 Å². The summed E-state index contributed by atoms with van der Waals surface area (Å²) in [6, 6.07) is 4.22. The number of methoxy groups -OCH3 is 1. The summed E-state index contributed by atoms with van der Waals surface area (Å²) < 4.78 is 5.20. The van der Waals surface area contributed by atoms with Crippen LogP contribution in [0.2, 0.25) is 0 Å². The van der Waals surface area contributed by atoms with Crippen molar-refractivity contribution in [1.29, 1.82) is 0 Å². The third-order valence-electron chi connectivity index (χ3n) is 3.12. The second-order valence-corrected chi connectivity index (χ2v) is 4.58. The van der Waals surface area contributed by atoms with E-state index < -0.39 is 0 Å². The predicted molar refractivity (Wildman–Crippen MR) is 75.2 cm³/mol. The van der Waals surface area contributed by atoms with E-state index in [9.17, 15) is 0 Å². The first-order chi connectivity index (χ1) is 7.78. The number of hydrogen-bond acceptors (Lipinski definition) is 3. The molecule has 3 nitrogen and oxygen atoms in total. The van der Waals surface area contributed by atoms with Gasteiger partial charge in [0.2, 0.25) is 5.88 Å². The summed E-state index contributed by atoms with van der Waals surface area (Å²) in [6.45, 7) is 4.34. The van der Waals surface area contributed by atoms with Gasteiger partial charge in [0.05, 0.1) is 7.11 Å². The number of hydrogen-bond donors (Lipinski definition) is 1. The number of rotatable bonds is 3. The zero-order valence-corrected chi connectivity index (χ0v) is 11.6. The topological polar surface area (TPSA) is 34.1 Å². The molecule has 0 unspecified atom stereocenters. The molecule has 0 saturated carbocycles. The van der Waals surface area contributed by atoms with Gasteiger partial charge < -0.3 is 10.1 Å². The molecule has 0 aliphatic carbocycles. The summed E-state index contributed by atoms with van der Waals surface area (Å²) in [6.07, 6.45) is 3.76. The van der Waals surface area contributed by atoms with Crippen LogP contribution in [0.5, 0.6) is 5.88 Å². The molecule has 1 N–H and O–H groups in total. The van der Waals surface area contributed by atoms with E-state index in [1.54, 1.807) is 7.11 Å². The Hall–Kier alpha value is -0.740. The maximum absolute atomic E-state index is 5.20. The smallest absolute Gasteiger partial charge is 0.213 e. The molecule has 0 amide bonds. The van der Waals surface area contributed by atoms with E-state index >= 15 is 0 Å². The summed E-state index contributed by atoms with van der Waals surface area (Å²) >= 11 is 0. The first-order valence-electron chi connectivity index (χ1n) is 6.00. The van der Waals surface area contributed by atoms with Gasteiger partial charge in [-0.1, -0.05) is 0 Å². The molecular formula is C13H22N2OS. The monoisotopic (exact) mass is 254 g/mol. The van der Waals surface area contributed by atoms with E-state index in [1.165, 1.54) is 24.9 Å². The lowest BCUT2D eigenvalue weighted by molar-refractivity contribution is 0.372. The molecule has 2 rings (SSSR count). The van der Waals surface area contributed by atoms with Gasteiger partial charge in [0.15, 0.2) is 0 Å². The maximum atomic E-state index is 5.20.